The number of amides is 2. The summed E-state index contributed by atoms with van der Waals surface area (Å²) >= 11 is 0. The van der Waals surface area contributed by atoms with Crippen molar-refractivity contribution in [3.63, 3.8) is 0 Å². The van der Waals surface area contributed by atoms with Gasteiger partial charge in [0, 0.05) is 67.8 Å². The second-order valence-electron chi connectivity index (χ2n) is 11.6. The molecule has 2 amide bonds. The zero-order valence-electron chi connectivity index (χ0n) is 18.9. The monoisotopic (exact) mass is 475 g/mol. The summed E-state index contributed by atoms with van der Waals surface area (Å²) in [5.41, 5.74) is 0.347. The molecule has 2 aromatic heterocycles. The molecule has 2 aliphatic heterocycles. The van der Waals surface area contributed by atoms with Crippen LogP contribution in [-0.2, 0) is 12.7 Å². The van der Waals surface area contributed by atoms with E-state index < -0.39 is 12.0 Å². The van der Waals surface area contributed by atoms with Gasteiger partial charge < -0.3 is 14.4 Å². The highest BCUT2D eigenvalue weighted by Crippen LogP contribution is 2.57. The lowest BCUT2D eigenvalue weighted by Crippen LogP contribution is -2.71. The minimum Gasteiger partial charge on any atom is -0.327 e. The normalized spacial score (nSPS) is 25.7. The number of nitrogens with zero attached hydrogens (tertiary/aromatic N) is 6. The number of aromatic nitrogens is 5. The molecule has 5 aliphatic rings. The highest BCUT2D eigenvalue weighted by molar-refractivity contribution is 5.77. The predicted octanol–water partition coefficient (Wildman–Crippen LogP) is 3.61. The van der Waals surface area contributed by atoms with Gasteiger partial charge in [-0.15, -0.1) is 0 Å². The Morgan fingerprint density at radius 3 is 2.29 bits per heavy atom. The van der Waals surface area contributed by atoms with Crippen molar-refractivity contribution in [1.82, 2.24) is 34.5 Å². The molecular weight excluding hydrogens is 447 g/mol. The largest absolute Gasteiger partial charge is 0.449 e. The smallest absolute Gasteiger partial charge is 0.327 e. The lowest BCUT2D eigenvalue weighted by molar-refractivity contribution is -0.148. The molecule has 2 saturated heterocycles. The molecule has 8 nitrogen and oxygen atoms in total. The Morgan fingerprint density at radius 2 is 1.68 bits per heavy atom. The van der Waals surface area contributed by atoms with Crippen LogP contribution in [0.5, 0.6) is 0 Å². The van der Waals surface area contributed by atoms with Gasteiger partial charge in [0.2, 0.25) is 5.82 Å². The van der Waals surface area contributed by atoms with Gasteiger partial charge >= 0.3 is 12.2 Å². The van der Waals surface area contributed by atoms with E-state index in [1.807, 2.05) is 9.80 Å². The van der Waals surface area contributed by atoms with E-state index in [0.717, 1.165) is 63.5 Å². The number of likely N-dealkylation sites (tertiary alicyclic amines) is 2. The molecule has 3 saturated carbocycles. The number of aromatic amines is 1. The molecule has 0 aromatic carbocycles. The van der Waals surface area contributed by atoms with E-state index in [2.05, 4.69) is 20.2 Å². The van der Waals surface area contributed by atoms with Crippen LogP contribution in [0.25, 0.3) is 0 Å². The van der Waals surface area contributed by atoms with Gasteiger partial charge in [-0.2, -0.15) is 18.3 Å². The van der Waals surface area contributed by atoms with Crippen LogP contribution < -0.4 is 0 Å². The van der Waals surface area contributed by atoms with Crippen LogP contribution in [0.15, 0.2) is 12.4 Å². The van der Waals surface area contributed by atoms with Crippen molar-refractivity contribution in [3.8, 4) is 0 Å². The van der Waals surface area contributed by atoms with Crippen molar-refractivity contribution in [1.29, 1.82) is 0 Å². The van der Waals surface area contributed by atoms with E-state index in [9.17, 15) is 18.0 Å². The van der Waals surface area contributed by atoms with Gasteiger partial charge in [0.05, 0.1) is 0 Å². The third-order valence-corrected chi connectivity index (χ3v) is 8.72. The highest BCUT2D eigenvalue weighted by atomic mass is 19.4. The maximum atomic E-state index is 13.0. The first-order valence-electron chi connectivity index (χ1n) is 12.3. The van der Waals surface area contributed by atoms with E-state index >= 15 is 0 Å². The van der Waals surface area contributed by atoms with Gasteiger partial charge in [-0.25, -0.2) is 14.8 Å². The molecule has 11 heteroatoms. The maximum absolute atomic E-state index is 13.0. The first-order chi connectivity index (χ1) is 16.2. The molecule has 0 bridgehead atoms. The number of hydrogen-bond acceptors (Lipinski definition) is 4. The number of imidazole rings is 1. The van der Waals surface area contributed by atoms with Crippen molar-refractivity contribution in [2.75, 3.05) is 26.2 Å². The lowest BCUT2D eigenvalue weighted by Gasteiger charge is -2.63. The summed E-state index contributed by atoms with van der Waals surface area (Å²) in [7, 11) is 0. The third-order valence-electron chi connectivity index (χ3n) is 8.72. The second-order valence-corrected chi connectivity index (χ2v) is 11.6. The quantitative estimate of drug-likeness (QED) is 0.733. The zero-order chi connectivity index (χ0) is 23.3. The van der Waals surface area contributed by atoms with Crippen LogP contribution in [0.1, 0.15) is 67.8 Å². The van der Waals surface area contributed by atoms with Crippen LogP contribution in [0.3, 0.4) is 0 Å². The van der Waals surface area contributed by atoms with Gasteiger partial charge in [0.25, 0.3) is 0 Å². The number of urea groups is 1. The molecule has 2 spiro atoms. The fourth-order valence-electron chi connectivity index (χ4n) is 6.98. The van der Waals surface area contributed by atoms with Crippen molar-refractivity contribution < 1.29 is 18.0 Å². The number of hydrogen-bond donors (Lipinski definition) is 1. The first-order valence-corrected chi connectivity index (χ1v) is 12.3. The summed E-state index contributed by atoms with van der Waals surface area (Å²) in [6.45, 7) is 3.43. The van der Waals surface area contributed by atoms with Gasteiger partial charge in [-0.3, -0.25) is 5.10 Å². The Kier molecular flexibility index (Phi) is 4.12. The average Bonchev–Trinajstić information content (AvgIpc) is 3.19. The van der Waals surface area contributed by atoms with Crippen molar-refractivity contribution >= 4 is 6.03 Å². The van der Waals surface area contributed by atoms with E-state index in [0.29, 0.717) is 18.4 Å². The van der Waals surface area contributed by atoms with Crippen LogP contribution in [0, 0.1) is 16.7 Å². The molecule has 5 fully saturated rings. The van der Waals surface area contributed by atoms with Crippen LogP contribution >= 0.6 is 0 Å². The molecule has 0 atom stereocenters. The molecule has 0 unspecified atom stereocenters. The summed E-state index contributed by atoms with van der Waals surface area (Å²) in [5.74, 6) is 2.37. The summed E-state index contributed by atoms with van der Waals surface area (Å²) in [6.07, 6.45) is 4.47. The Hall–Kier alpha value is -2.59. The topological polar surface area (TPSA) is 82.9 Å². The molecule has 7 rings (SSSR count). The predicted molar refractivity (Wildman–Crippen MR) is 114 cm³/mol. The fourth-order valence-corrected chi connectivity index (χ4v) is 6.98. The SMILES string of the molecule is O=C(N1CC2(CC(Cn3ccnc3C(F)(F)F)C2)C1)N1CC2(CC(c3n[nH]c(C4CC4)n3)C2)C1. The summed E-state index contributed by atoms with van der Waals surface area (Å²) < 4.78 is 40.3. The number of H-pyrrole nitrogens is 1. The number of rotatable bonds is 4. The van der Waals surface area contributed by atoms with Gasteiger partial charge in [0.15, 0.2) is 5.82 Å². The molecule has 34 heavy (non-hydrogen) atoms. The Labute approximate surface area is 194 Å². The van der Waals surface area contributed by atoms with Gasteiger partial charge in [0.1, 0.15) is 5.82 Å². The molecule has 4 heterocycles. The van der Waals surface area contributed by atoms with Crippen molar-refractivity contribution in [3.05, 3.63) is 29.9 Å². The zero-order valence-corrected chi connectivity index (χ0v) is 18.9. The molecule has 182 valence electrons. The van der Waals surface area contributed by atoms with Crippen LogP contribution in [-0.4, -0.2) is 66.7 Å². The minimum atomic E-state index is -4.42. The van der Waals surface area contributed by atoms with E-state index in [1.165, 1.54) is 29.8 Å². The number of carbonyl (C=O) groups is 1. The lowest BCUT2D eigenvalue weighted by atomic mass is 9.57. The highest BCUT2D eigenvalue weighted by Gasteiger charge is 2.59. The van der Waals surface area contributed by atoms with Crippen LogP contribution in [0.2, 0.25) is 0 Å². The molecule has 2 aromatic rings. The molecule has 0 radical (unpaired) electrons. The third kappa shape index (κ3) is 3.25. The van der Waals surface area contributed by atoms with E-state index in [1.54, 1.807) is 0 Å². The van der Waals surface area contributed by atoms with Crippen LogP contribution in [0.4, 0.5) is 18.0 Å². The van der Waals surface area contributed by atoms with E-state index in [-0.39, 0.29) is 22.8 Å². The summed E-state index contributed by atoms with van der Waals surface area (Å²) in [4.78, 5) is 24.9. The minimum absolute atomic E-state index is 0.105. The Morgan fingerprint density at radius 1 is 1.03 bits per heavy atom. The number of nitrogens with one attached hydrogen (secondary N) is 1. The maximum Gasteiger partial charge on any atom is 0.449 e. The van der Waals surface area contributed by atoms with Crippen molar-refractivity contribution in [2.45, 2.75) is 63.1 Å². The summed E-state index contributed by atoms with van der Waals surface area (Å²) in [5, 5.41) is 7.51. The second kappa shape index (κ2) is 6.75. The summed E-state index contributed by atoms with van der Waals surface area (Å²) in [6, 6.07) is 0.117. The van der Waals surface area contributed by atoms with Crippen molar-refractivity contribution in [2.24, 2.45) is 16.7 Å². The number of carbonyl (C=O) groups excluding carboxylic acids is 1. The number of alkyl halides is 3. The first kappa shape index (κ1) is 20.8. The number of halogens is 3. The molecule has 1 N–H and O–H groups in total. The standard InChI is InChI=1S/C23H28F3N7O/c24-23(25,26)19-27-3-4-31(19)9-14-5-21(6-14)10-32(11-21)20(34)33-12-22(13-33)7-16(8-22)18-28-17(29-30-18)15-1-2-15/h3-4,14-16H,1-2,5-13H2,(H,28,29,30). The van der Waals surface area contributed by atoms with E-state index in [4.69, 9.17) is 0 Å². The van der Waals surface area contributed by atoms with Gasteiger partial charge in [-0.1, -0.05) is 0 Å². The Balaban J connectivity index is 0.856. The molecular formula is C23H28F3N7O. The average molecular weight is 476 g/mol. The Bertz CT molecular complexity index is 1110. The van der Waals surface area contributed by atoms with Gasteiger partial charge in [-0.05, 0) is 44.4 Å². The molecule has 3 aliphatic carbocycles. The fraction of sp³-hybridized carbons (Fsp3) is 0.739.